The quantitative estimate of drug-likeness (QED) is 0.874. The molecule has 2 nitrogen and oxygen atoms in total. The lowest BCUT2D eigenvalue weighted by atomic mass is 10.0. The van der Waals surface area contributed by atoms with Crippen molar-refractivity contribution in [1.82, 2.24) is 0 Å². The van der Waals surface area contributed by atoms with Gasteiger partial charge in [0.25, 0.3) is 0 Å². The van der Waals surface area contributed by atoms with Crippen LogP contribution in [0.15, 0.2) is 18.2 Å². The summed E-state index contributed by atoms with van der Waals surface area (Å²) in [6.07, 6.45) is 3.42. The van der Waals surface area contributed by atoms with Crippen LogP contribution in [-0.4, -0.2) is 19.1 Å². The molecule has 0 spiro atoms. The number of halogens is 1. The van der Waals surface area contributed by atoms with Gasteiger partial charge in [-0.05, 0) is 43.9 Å². The lowest BCUT2D eigenvalue weighted by molar-refractivity contribution is 0.734. The summed E-state index contributed by atoms with van der Waals surface area (Å²) in [5.74, 6) is 0. The summed E-state index contributed by atoms with van der Waals surface area (Å²) in [6, 6.07) is 6.95. The summed E-state index contributed by atoms with van der Waals surface area (Å²) >= 11 is 6.26. The maximum atomic E-state index is 6.26. The van der Waals surface area contributed by atoms with Gasteiger partial charge >= 0.3 is 0 Å². The van der Waals surface area contributed by atoms with E-state index in [-0.39, 0.29) is 6.04 Å². The van der Waals surface area contributed by atoms with Crippen LogP contribution in [0.25, 0.3) is 0 Å². The molecule has 3 heteroatoms. The minimum Gasteiger partial charge on any atom is -0.371 e. The molecule has 88 valence electrons. The Labute approximate surface area is 102 Å². The Bertz CT molecular complexity index is 372. The molecule has 16 heavy (non-hydrogen) atoms. The van der Waals surface area contributed by atoms with E-state index < -0.39 is 0 Å². The molecule has 1 aromatic rings. The third kappa shape index (κ3) is 2.50. The zero-order chi connectivity index (χ0) is 11.7. The highest BCUT2D eigenvalue weighted by Gasteiger charge is 2.28. The van der Waals surface area contributed by atoms with Crippen molar-refractivity contribution in [3.8, 4) is 0 Å². The molecule has 1 aromatic carbocycles. The third-order valence-electron chi connectivity index (χ3n) is 3.09. The van der Waals surface area contributed by atoms with Crippen molar-refractivity contribution in [3.63, 3.8) is 0 Å². The van der Waals surface area contributed by atoms with Gasteiger partial charge in [0, 0.05) is 29.8 Å². The van der Waals surface area contributed by atoms with Crippen LogP contribution in [0.2, 0.25) is 5.02 Å². The van der Waals surface area contributed by atoms with E-state index in [0.717, 1.165) is 11.4 Å². The highest BCUT2D eigenvalue weighted by Crippen LogP contribution is 2.35. The van der Waals surface area contributed by atoms with Gasteiger partial charge in [-0.3, -0.25) is 0 Å². The number of nitrogens with zero attached hydrogens (tertiary/aromatic N) is 1. The fourth-order valence-corrected chi connectivity index (χ4v) is 2.31. The van der Waals surface area contributed by atoms with Crippen LogP contribution in [0.3, 0.4) is 0 Å². The topological polar surface area (TPSA) is 29.3 Å². The fraction of sp³-hybridized carbons (Fsp3) is 0.538. The van der Waals surface area contributed by atoms with Crippen molar-refractivity contribution >= 4 is 17.3 Å². The first-order valence-corrected chi connectivity index (χ1v) is 6.23. The molecule has 0 saturated heterocycles. The van der Waals surface area contributed by atoms with Crippen LogP contribution in [-0.2, 0) is 6.42 Å². The van der Waals surface area contributed by atoms with E-state index in [4.69, 9.17) is 17.3 Å². The normalized spacial score (nSPS) is 17.2. The molecule has 2 N–H and O–H groups in total. The van der Waals surface area contributed by atoms with E-state index in [2.05, 4.69) is 18.0 Å². The van der Waals surface area contributed by atoms with Crippen molar-refractivity contribution in [2.24, 2.45) is 5.73 Å². The van der Waals surface area contributed by atoms with Gasteiger partial charge in [0.2, 0.25) is 0 Å². The van der Waals surface area contributed by atoms with Gasteiger partial charge in [-0.2, -0.15) is 0 Å². The maximum absolute atomic E-state index is 6.26. The number of hydrogen-bond acceptors (Lipinski definition) is 2. The molecular formula is C13H19ClN2. The van der Waals surface area contributed by atoms with Gasteiger partial charge in [-0.25, -0.2) is 0 Å². The Morgan fingerprint density at radius 1 is 1.50 bits per heavy atom. The standard InChI is InChI=1S/C13H19ClN2/c1-9(15)8-11-12(14)4-3-5-13(11)16(2)10-6-7-10/h3-5,9-10H,6-8,15H2,1-2H3. The summed E-state index contributed by atoms with van der Waals surface area (Å²) < 4.78 is 0. The van der Waals surface area contributed by atoms with Gasteiger partial charge in [0.05, 0.1) is 0 Å². The average Bonchev–Trinajstić information content (AvgIpc) is 3.03. The smallest absolute Gasteiger partial charge is 0.0459 e. The van der Waals surface area contributed by atoms with Crippen molar-refractivity contribution in [2.45, 2.75) is 38.3 Å². The van der Waals surface area contributed by atoms with Crippen LogP contribution in [0, 0.1) is 0 Å². The maximum Gasteiger partial charge on any atom is 0.0459 e. The minimum absolute atomic E-state index is 0.145. The van der Waals surface area contributed by atoms with Crippen LogP contribution in [0.5, 0.6) is 0 Å². The molecule has 0 aliphatic heterocycles. The first-order valence-electron chi connectivity index (χ1n) is 5.85. The lowest BCUT2D eigenvalue weighted by Gasteiger charge is -2.23. The number of rotatable bonds is 4. The van der Waals surface area contributed by atoms with Crippen LogP contribution in [0.1, 0.15) is 25.3 Å². The monoisotopic (exact) mass is 238 g/mol. The van der Waals surface area contributed by atoms with Crippen molar-refractivity contribution < 1.29 is 0 Å². The van der Waals surface area contributed by atoms with Gasteiger partial charge in [0.1, 0.15) is 0 Å². The van der Waals surface area contributed by atoms with E-state index in [1.165, 1.54) is 24.1 Å². The summed E-state index contributed by atoms with van der Waals surface area (Å²) in [5, 5.41) is 0.835. The lowest BCUT2D eigenvalue weighted by Crippen LogP contribution is -2.24. The fourth-order valence-electron chi connectivity index (χ4n) is 2.06. The van der Waals surface area contributed by atoms with Gasteiger partial charge in [0.15, 0.2) is 0 Å². The Balaban J connectivity index is 2.30. The molecule has 0 heterocycles. The molecule has 2 rings (SSSR count). The molecule has 1 aliphatic rings. The third-order valence-corrected chi connectivity index (χ3v) is 3.45. The second-order valence-electron chi connectivity index (χ2n) is 4.76. The summed E-state index contributed by atoms with van der Waals surface area (Å²) in [5.41, 5.74) is 8.31. The molecule has 1 fully saturated rings. The minimum atomic E-state index is 0.145. The predicted octanol–water partition coefficient (Wildman–Crippen LogP) is 2.83. The summed E-state index contributed by atoms with van der Waals surface area (Å²) in [6.45, 7) is 2.02. The highest BCUT2D eigenvalue weighted by molar-refractivity contribution is 6.31. The average molecular weight is 239 g/mol. The van der Waals surface area contributed by atoms with E-state index in [1.54, 1.807) is 0 Å². The molecule has 1 aliphatic carbocycles. The first kappa shape index (κ1) is 11.7. The van der Waals surface area contributed by atoms with Crippen LogP contribution in [0.4, 0.5) is 5.69 Å². The van der Waals surface area contributed by atoms with E-state index in [1.807, 2.05) is 19.1 Å². The van der Waals surface area contributed by atoms with E-state index in [9.17, 15) is 0 Å². The summed E-state index contributed by atoms with van der Waals surface area (Å²) in [4.78, 5) is 2.34. The molecule has 0 radical (unpaired) electrons. The molecule has 0 aromatic heterocycles. The Morgan fingerprint density at radius 2 is 2.19 bits per heavy atom. The predicted molar refractivity (Wildman–Crippen MR) is 70.2 cm³/mol. The zero-order valence-corrected chi connectivity index (χ0v) is 10.7. The van der Waals surface area contributed by atoms with Crippen molar-refractivity contribution in [3.05, 3.63) is 28.8 Å². The first-order chi connectivity index (χ1) is 7.59. The Morgan fingerprint density at radius 3 is 2.75 bits per heavy atom. The van der Waals surface area contributed by atoms with Gasteiger partial charge < -0.3 is 10.6 Å². The van der Waals surface area contributed by atoms with Crippen molar-refractivity contribution in [1.29, 1.82) is 0 Å². The zero-order valence-electron chi connectivity index (χ0n) is 9.91. The molecule has 1 atom stereocenters. The Hall–Kier alpha value is -0.730. The largest absolute Gasteiger partial charge is 0.371 e. The number of anilines is 1. The van der Waals surface area contributed by atoms with E-state index >= 15 is 0 Å². The molecule has 1 unspecified atom stereocenters. The van der Waals surface area contributed by atoms with E-state index in [0.29, 0.717) is 6.04 Å². The molecule has 0 bridgehead atoms. The molecular weight excluding hydrogens is 220 g/mol. The SMILES string of the molecule is CC(N)Cc1c(Cl)cccc1N(C)C1CC1. The second-order valence-corrected chi connectivity index (χ2v) is 5.17. The molecule has 1 saturated carbocycles. The number of benzene rings is 1. The molecule has 0 amide bonds. The van der Waals surface area contributed by atoms with Crippen LogP contribution < -0.4 is 10.6 Å². The highest BCUT2D eigenvalue weighted by atomic mass is 35.5. The number of nitrogens with two attached hydrogens (primary N) is 1. The van der Waals surface area contributed by atoms with Gasteiger partial charge in [-0.1, -0.05) is 17.7 Å². The Kier molecular flexibility index (Phi) is 3.41. The number of hydrogen-bond donors (Lipinski definition) is 1. The summed E-state index contributed by atoms with van der Waals surface area (Å²) in [7, 11) is 2.15. The second kappa shape index (κ2) is 4.64. The van der Waals surface area contributed by atoms with Crippen LogP contribution >= 0.6 is 11.6 Å². The van der Waals surface area contributed by atoms with Crippen molar-refractivity contribution in [2.75, 3.05) is 11.9 Å². The van der Waals surface area contributed by atoms with Gasteiger partial charge in [-0.15, -0.1) is 0 Å².